The summed E-state index contributed by atoms with van der Waals surface area (Å²) in [7, 11) is -2.29. The number of nitrogens with zero attached hydrogens (tertiary/aromatic N) is 2. The molecule has 1 aliphatic heterocycles. The number of hydrogen-bond donors (Lipinski definition) is 3. The van der Waals surface area contributed by atoms with Gasteiger partial charge in [0, 0.05) is 33.9 Å². The van der Waals surface area contributed by atoms with Gasteiger partial charge in [-0.05, 0) is 67.1 Å². The van der Waals surface area contributed by atoms with E-state index in [4.69, 9.17) is 9.57 Å². The van der Waals surface area contributed by atoms with Crippen LogP contribution in [0.4, 0.5) is 0 Å². The molecule has 0 bridgehead atoms. The van der Waals surface area contributed by atoms with E-state index < -0.39 is 56.6 Å². The number of rotatable bonds is 12. The minimum atomic E-state index is -3.86. The van der Waals surface area contributed by atoms with E-state index in [0.717, 1.165) is 16.0 Å². The number of likely N-dealkylation sites (tertiary alicyclic amines) is 1. The number of sulfonamides is 1. The highest BCUT2D eigenvalue weighted by molar-refractivity contribution is 7.91. The molecule has 246 valence electrons. The maximum atomic E-state index is 13.9. The van der Waals surface area contributed by atoms with E-state index in [1.807, 2.05) is 35.7 Å². The van der Waals surface area contributed by atoms with E-state index in [2.05, 4.69) is 21.8 Å². The van der Waals surface area contributed by atoms with Crippen molar-refractivity contribution in [1.82, 2.24) is 14.9 Å². The molecule has 1 aromatic heterocycles. The molecule has 2 saturated carbocycles. The fraction of sp³-hybridized carbons (Fsp3) is 0.333. The fourth-order valence-corrected chi connectivity index (χ4v) is 7.91. The standard InChI is InChI=1S/C33H34N4O8S2/c1-3-22-17-33(22,32(41)36-47(42,43)26-10-11-26)35-30(39)28-16-25(19-37(28)31(40)20-6-4-7-23(38)14-20)45-34-18-21-15-24(44-2)9-12-27(21)29-8-5-13-46-29/h3-9,12-15,18,22,25-26,28,38H,1,10-11,16-17,19H2,2H3,(H,35,39)(H,36,41)/b34-18+/t22-,25?,28?,33+/m1/s1. The number of ether oxygens (including phenoxy) is 1. The average molecular weight is 679 g/mol. The van der Waals surface area contributed by atoms with Crippen molar-refractivity contribution in [3.8, 4) is 21.9 Å². The number of phenols is 1. The molecule has 3 aliphatic rings. The van der Waals surface area contributed by atoms with Crippen LogP contribution in [0.3, 0.4) is 0 Å². The molecule has 3 fully saturated rings. The fourth-order valence-electron chi connectivity index (χ4n) is 5.77. The first-order valence-electron chi connectivity index (χ1n) is 15.1. The van der Waals surface area contributed by atoms with Crippen molar-refractivity contribution in [1.29, 1.82) is 0 Å². The minimum Gasteiger partial charge on any atom is -0.508 e. The highest BCUT2D eigenvalue weighted by Gasteiger charge is 2.62. The molecule has 12 nitrogen and oxygen atoms in total. The average Bonchev–Trinajstić information content (AvgIpc) is 3.93. The van der Waals surface area contributed by atoms with Gasteiger partial charge in [-0.3, -0.25) is 19.1 Å². The smallest absolute Gasteiger partial charge is 0.259 e. The lowest BCUT2D eigenvalue weighted by Crippen LogP contribution is -2.56. The zero-order chi connectivity index (χ0) is 33.3. The first-order chi connectivity index (χ1) is 22.5. The van der Waals surface area contributed by atoms with Gasteiger partial charge in [0.15, 0.2) is 0 Å². The molecule has 0 spiro atoms. The van der Waals surface area contributed by atoms with Crippen molar-refractivity contribution >= 4 is 45.3 Å². The molecule has 2 unspecified atom stereocenters. The maximum Gasteiger partial charge on any atom is 0.259 e. The first-order valence-corrected chi connectivity index (χ1v) is 17.5. The molecule has 2 aromatic carbocycles. The number of methoxy groups -OCH3 is 1. The summed E-state index contributed by atoms with van der Waals surface area (Å²) in [6, 6.07) is 14.2. The predicted molar refractivity (Wildman–Crippen MR) is 176 cm³/mol. The van der Waals surface area contributed by atoms with Crippen molar-refractivity contribution in [2.75, 3.05) is 13.7 Å². The SMILES string of the molecule is C=C[C@@H]1C[C@@]1(NC(=O)C1CC(O/N=C/c2cc(OC)ccc2-c2cccs2)CN1C(=O)c1cccc(O)c1)C(=O)NS(=O)(=O)C1CC1. The van der Waals surface area contributed by atoms with E-state index in [-0.39, 0.29) is 30.7 Å². The lowest BCUT2D eigenvalue weighted by molar-refractivity contribution is -0.131. The Bertz CT molecular complexity index is 1840. The van der Waals surface area contributed by atoms with Gasteiger partial charge in [-0.15, -0.1) is 17.9 Å². The van der Waals surface area contributed by atoms with Crippen molar-refractivity contribution in [2.45, 2.75) is 48.6 Å². The van der Waals surface area contributed by atoms with Crippen LogP contribution in [0.1, 0.15) is 41.6 Å². The monoisotopic (exact) mass is 678 g/mol. The highest BCUT2D eigenvalue weighted by atomic mass is 32.2. The topological polar surface area (TPSA) is 164 Å². The van der Waals surface area contributed by atoms with Gasteiger partial charge in [-0.2, -0.15) is 0 Å². The van der Waals surface area contributed by atoms with Crippen LogP contribution >= 0.6 is 11.3 Å². The van der Waals surface area contributed by atoms with E-state index in [1.54, 1.807) is 24.7 Å². The number of nitrogens with one attached hydrogen (secondary N) is 2. The highest BCUT2D eigenvalue weighted by Crippen LogP contribution is 2.45. The molecule has 6 rings (SSSR count). The number of aromatic hydroxyl groups is 1. The van der Waals surface area contributed by atoms with Crippen molar-refractivity contribution in [3.05, 3.63) is 83.8 Å². The van der Waals surface area contributed by atoms with E-state index >= 15 is 0 Å². The number of amides is 3. The number of oxime groups is 1. The molecule has 4 atom stereocenters. The summed E-state index contributed by atoms with van der Waals surface area (Å²) in [5.74, 6) is -1.99. The lowest BCUT2D eigenvalue weighted by Gasteiger charge is -2.26. The Morgan fingerprint density at radius 2 is 1.96 bits per heavy atom. The van der Waals surface area contributed by atoms with Gasteiger partial charge in [0.05, 0.1) is 25.1 Å². The second-order valence-corrected chi connectivity index (χ2v) is 14.7. The molecule has 1 saturated heterocycles. The van der Waals surface area contributed by atoms with Gasteiger partial charge in [0.25, 0.3) is 11.8 Å². The Kier molecular flexibility index (Phi) is 8.81. The number of phenolic OH excluding ortho intramolecular Hbond substituents is 1. The van der Waals surface area contributed by atoms with E-state index in [9.17, 15) is 27.9 Å². The second-order valence-electron chi connectivity index (χ2n) is 11.8. The first kappa shape index (κ1) is 32.3. The molecule has 3 aromatic rings. The number of hydrogen-bond acceptors (Lipinski definition) is 10. The van der Waals surface area contributed by atoms with E-state index in [0.29, 0.717) is 18.6 Å². The summed E-state index contributed by atoms with van der Waals surface area (Å²) in [6.07, 6.45) is 3.49. The van der Waals surface area contributed by atoms with Gasteiger partial charge in [-0.1, -0.05) is 23.4 Å². The van der Waals surface area contributed by atoms with Crippen LogP contribution in [0.5, 0.6) is 11.5 Å². The molecule has 2 aliphatic carbocycles. The van der Waals surface area contributed by atoms with Crippen molar-refractivity contribution in [2.24, 2.45) is 11.1 Å². The normalized spacial score (nSPS) is 23.7. The van der Waals surface area contributed by atoms with Gasteiger partial charge >= 0.3 is 0 Å². The third kappa shape index (κ3) is 6.74. The summed E-state index contributed by atoms with van der Waals surface area (Å²) in [4.78, 5) is 48.9. The quantitative estimate of drug-likeness (QED) is 0.149. The van der Waals surface area contributed by atoms with Crippen molar-refractivity contribution in [3.63, 3.8) is 0 Å². The molecule has 3 amide bonds. The van der Waals surface area contributed by atoms with Crippen LogP contribution in [-0.4, -0.2) is 78.9 Å². The largest absolute Gasteiger partial charge is 0.508 e. The number of carbonyl (C=O) groups is 3. The Morgan fingerprint density at radius 1 is 1.15 bits per heavy atom. The van der Waals surface area contributed by atoms with Gasteiger partial charge < -0.3 is 24.9 Å². The minimum absolute atomic E-state index is 0.0139. The molecule has 2 heterocycles. The summed E-state index contributed by atoms with van der Waals surface area (Å²) in [5.41, 5.74) is 0.306. The Morgan fingerprint density at radius 3 is 2.62 bits per heavy atom. The van der Waals surface area contributed by atoms with Crippen LogP contribution in [0, 0.1) is 5.92 Å². The van der Waals surface area contributed by atoms with Crippen LogP contribution in [0.15, 0.2) is 77.8 Å². The molecule has 0 radical (unpaired) electrons. The van der Waals surface area contributed by atoms with Crippen LogP contribution in [-0.2, 0) is 24.4 Å². The maximum absolute atomic E-state index is 13.9. The third-order valence-electron chi connectivity index (χ3n) is 8.62. The zero-order valence-electron chi connectivity index (χ0n) is 25.5. The van der Waals surface area contributed by atoms with Gasteiger partial charge in [0.2, 0.25) is 15.9 Å². The van der Waals surface area contributed by atoms with E-state index in [1.165, 1.54) is 35.2 Å². The summed E-state index contributed by atoms with van der Waals surface area (Å²) >= 11 is 1.57. The molecule has 3 N–H and O–H groups in total. The molecular formula is C33H34N4O8S2. The summed E-state index contributed by atoms with van der Waals surface area (Å²) in [5, 5.41) is 18.3. The Hall–Kier alpha value is -4.69. The van der Waals surface area contributed by atoms with Gasteiger partial charge in [-0.25, -0.2) is 8.42 Å². The lowest BCUT2D eigenvalue weighted by atomic mass is 10.1. The summed E-state index contributed by atoms with van der Waals surface area (Å²) < 4.78 is 32.6. The molecule has 47 heavy (non-hydrogen) atoms. The number of thiophene rings is 1. The summed E-state index contributed by atoms with van der Waals surface area (Å²) in [6.45, 7) is 3.72. The third-order valence-corrected chi connectivity index (χ3v) is 11.3. The zero-order valence-corrected chi connectivity index (χ0v) is 27.1. The van der Waals surface area contributed by atoms with Crippen LogP contribution < -0.4 is 14.8 Å². The van der Waals surface area contributed by atoms with Crippen LogP contribution in [0.2, 0.25) is 0 Å². The molecular weight excluding hydrogens is 645 g/mol. The second kappa shape index (κ2) is 12.8. The predicted octanol–water partition coefficient (Wildman–Crippen LogP) is 3.43. The molecule has 14 heteroatoms. The van der Waals surface area contributed by atoms with Crippen LogP contribution in [0.25, 0.3) is 10.4 Å². The Balaban J connectivity index is 1.22. The van der Waals surface area contributed by atoms with Crippen molar-refractivity contribution < 1.29 is 37.5 Å². The number of benzene rings is 2. The number of carbonyl (C=O) groups excluding carboxylic acids is 3. The van der Waals surface area contributed by atoms with Gasteiger partial charge in [0.1, 0.15) is 29.2 Å². The Labute approximate surface area is 276 Å².